The van der Waals surface area contributed by atoms with E-state index in [0.29, 0.717) is 0 Å². The Kier molecular flexibility index (Phi) is 7.54. The van der Waals surface area contributed by atoms with Crippen LogP contribution in [0.15, 0.2) is 30.3 Å². The standard InChI is InChI=1S/C17H25NO3/c1-4-14(5-2)16(19)12-18-17(20)11-8-13-6-9-15(21-3)10-7-13/h6-11,14,16,19H,4-5,12H2,1-3H3,(H,18,20)/b11-8+. The molecule has 21 heavy (non-hydrogen) atoms. The Balaban J connectivity index is 2.43. The van der Waals surface area contributed by atoms with Crippen LogP contribution in [0, 0.1) is 5.92 Å². The lowest BCUT2D eigenvalue weighted by molar-refractivity contribution is -0.117. The van der Waals surface area contributed by atoms with Gasteiger partial charge in [-0.05, 0) is 29.7 Å². The molecule has 0 aliphatic heterocycles. The highest BCUT2D eigenvalue weighted by molar-refractivity contribution is 5.91. The largest absolute Gasteiger partial charge is 0.497 e. The van der Waals surface area contributed by atoms with Crippen LogP contribution in [0.3, 0.4) is 0 Å². The minimum atomic E-state index is -0.488. The molecular weight excluding hydrogens is 266 g/mol. The molecule has 1 rings (SSSR count). The van der Waals surface area contributed by atoms with Gasteiger partial charge in [0, 0.05) is 12.6 Å². The molecule has 2 N–H and O–H groups in total. The smallest absolute Gasteiger partial charge is 0.244 e. The van der Waals surface area contributed by atoms with Gasteiger partial charge in [-0.25, -0.2) is 0 Å². The summed E-state index contributed by atoms with van der Waals surface area (Å²) in [7, 11) is 1.61. The van der Waals surface area contributed by atoms with E-state index in [2.05, 4.69) is 5.32 Å². The van der Waals surface area contributed by atoms with Crippen LogP contribution in [0.5, 0.6) is 5.75 Å². The summed E-state index contributed by atoms with van der Waals surface area (Å²) in [5.74, 6) is 0.816. The normalized spacial score (nSPS) is 12.6. The van der Waals surface area contributed by atoms with Crippen molar-refractivity contribution in [2.75, 3.05) is 13.7 Å². The van der Waals surface area contributed by atoms with E-state index >= 15 is 0 Å². The molecule has 0 bridgehead atoms. The van der Waals surface area contributed by atoms with Gasteiger partial charge in [0.1, 0.15) is 5.75 Å². The summed E-state index contributed by atoms with van der Waals surface area (Å²) in [5.41, 5.74) is 0.923. The van der Waals surface area contributed by atoms with Crippen molar-refractivity contribution in [1.82, 2.24) is 5.32 Å². The Labute approximate surface area is 126 Å². The second-order valence-electron chi connectivity index (χ2n) is 5.00. The van der Waals surface area contributed by atoms with Crippen LogP contribution in [-0.2, 0) is 4.79 Å². The van der Waals surface area contributed by atoms with Gasteiger partial charge in [-0.15, -0.1) is 0 Å². The van der Waals surface area contributed by atoms with Crippen molar-refractivity contribution in [1.29, 1.82) is 0 Å². The zero-order chi connectivity index (χ0) is 15.7. The summed E-state index contributed by atoms with van der Waals surface area (Å²) >= 11 is 0. The zero-order valence-corrected chi connectivity index (χ0v) is 13.0. The van der Waals surface area contributed by atoms with Crippen LogP contribution >= 0.6 is 0 Å². The van der Waals surface area contributed by atoms with Crippen molar-refractivity contribution >= 4 is 12.0 Å². The Morgan fingerprint density at radius 1 is 1.29 bits per heavy atom. The van der Waals surface area contributed by atoms with Gasteiger partial charge >= 0.3 is 0 Å². The molecule has 0 aliphatic carbocycles. The van der Waals surface area contributed by atoms with Gasteiger partial charge in [-0.2, -0.15) is 0 Å². The van der Waals surface area contributed by atoms with Crippen LogP contribution < -0.4 is 10.1 Å². The van der Waals surface area contributed by atoms with E-state index in [4.69, 9.17) is 4.74 Å². The lowest BCUT2D eigenvalue weighted by Gasteiger charge is -2.19. The van der Waals surface area contributed by atoms with Crippen molar-refractivity contribution in [3.8, 4) is 5.75 Å². The van der Waals surface area contributed by atoms with Crippen molar-refractivity contribution in [2.45, 2.75) is 32.8 Å². The third kappa shape index (κ3) is 6.00. The fourth-order valence-electron chi connectivity index (χ4n) is 2.15. The summed E-state index contributed by atoms with van der Waals surface area (Å²) in [6.07, 6.45) is 4.54. The van der Waals surface area contributed by atoms with Crippen LogP contribution in [0.2, 0.25) is 0 Å². The number of rotatable bonds is 8. The van der Waals surface area contributed by atoms with Crippen LogP contribution in [0.1, 0.15) is 32.3 Å². The molecule has 0 saturated carbocycles. The van der Waals surface area contributed by atoms with Crippen molar-refractivity contribution in [2.24, 2.45) is 5.92 Å². The van der Waals surface area contributed by atoms with Crippen LogP contribution in [0.25, 0.3) is 6.08 Å². The van der Waals surface area contributed by atoms with Gasteiger partial charge in [0.25, 0.3) is 0 Å². The van der Waals surface area contributed by atoms with E-state index in [9.17, 15) is 9.90 Å². The van der Waals surface area contributed by atoms with Crippen LogP contribution in [-0.4, -0.2) is 30.8 Å². The summed E-state index contributed by atoms with van der Waals surface area (Å²) in [5, 5.41) is 12.7. The first-order chi connectivity index (χ1) is 10.1. The quantitative estimate of drug-likeness (QED) is 0.724. The Morgan fingerprint density at radius 3 is 2.43 bits per heavy atom. The molecule has 0 saturated heterocycles. The molecular formula is C17H25NO3. The SMILES string of the molecule is CCC(CC)C(O)CNC(=O)/C=C/c1ccc(OC)cc1. The number of hydrogen-bond acceptors (Lipinski definition) is 3. The van der Waals surface area contributed by atoms with E-state index in [1.165, 1.54) is 6.08 Å². The fourth-order valence-corrected chi connectivity index (χ4v) is 2.15. The molecule has 1 atom stereocenters. The van der Waals surface area contributed by atoms with Crippen molar-refractivity contribution in [3.63, 3.8) is 0 Å². The minimum absolute atomic E-state index is 0.198. The lowest BCUT2D eigenvalue weighted by atomic mass is 9.96. The number of benzene rings is 1. The molecule has 1 amide bonds. The summed E-state index contributed by atoms with van der Waals surface area (Å²) in [6, 6.07) is 7.44. The number of aliphatic hydroxyl groups is 1. The molecule has 0 spiro atoms. The first kappa shape index (κ1) is 17.2. The number of amides is 1. The molecule has 0 radical (unpaired) electrons. The number of nitrogens with one attached hydrogen (secondary N) is 1. The maximum atomic E-state index is 11.7. The molecule has 116 valence electrons. The summed E-state index contributed by atoms with van der Waals surface area (Å²) < 4.78 is 5.07. The maximum Gasteiger partial charge on any atom is 0.244 e. The van der Waals surface area contributed by atoms with Crippen molar-refractivity contribution < 1.29 is 14.6 Å². The molecule has 1 aromatic carbocycles. The predicted octanol–water partition coefficient (Wildman–Crippen LogP) is 2.62. The fraction of sp³-hybridized carbons (Fsp3) is 0.471. The van der Waals surface area contributed by atoms with E-state index in [1.807, 2.05) is 38.1 Å². The molecule has 1 aromatic rings. The Bertz CT molecular complexity index is 450. The average Bonchev–Trinajstić information content (AvgIpc) is 2.52. The second-order valence-corrected chi connectivity index (χ2v) is 5.00. The van der Waals surface area contributed by atoms with E-state index in [1.54, 1.807) is 13.2 Å². The molecule has 0 aliphatic rings. The maximum absolute atomic E-state index is 11.7. The molecule has 0 fully saturated rings. The van der Waals surface area contributed by atoms with E-state index in [-0.39, 0.29) is 18.4 Å². The molecule has 4 heteroatoms. The van der Waals surface area contributed by atoms with Gasteiger partial charge in [0.05, 0.1) is 13.2 Å². The number of carbonyl (C=O) groups is 1. The number of methoxy groups -OCH3 is 1. The lowest BCUT2D eigenvalue weighted by Crippen LogP contribution is -2.35. The van der Waals surface area contributed by atoms with Gasteiger partial charge in [0.15, 0.2) is 0 Å². The highest BCUT2D eigenvalue weighted by Crippen LogP contribution is 2.13. The molecule has 0 heterocycles. The number of carbonyl (C=O) groups excluding carboxylic acids is 1. The number of ether oxygens (including phenoxy) is 1. The molecule has 1 unspecified atom stereocenters. The predicted molar refractivity (Wildman–Crippen MR) is 85.1 cm³/mol. The number of hydrogen-bond donors (Lipinski definition) is 2. The molecule has 4 nitrogen and oxygen atoms in total. The van der Waals surface area contributed by atoms with Crippen molar-refractivity contribution in [3.05, 3.63) is 35.9 Å². The summed E-state index contributed by atoms with van der Waals surface area (Å²) in [6.45, 7) is 4.38. The highest BCUT2D eigenvalue weighted by Gasteiger charge is 2.15. The van der Waals surface area contributed by atoms with Gasteiger partial charge in [-0.3, -0.25) is 4.79 Å². The highest BCUT2D eigenvalue weighted by atomic mass is 16.5. The Morgan fingerprint density at radius 2 is 1.90 bits per heavy atom. The van der Waals surface area contributed by atoms with E-state index < -0.39 is 6.10 Å². The van der Waals surface area contributed by atoms with Gasteiger partial charge < -0.3 is 15.2 Å². The van der Waals surface area contributed by atoms with E-state index in [0.717, 1.165) is 24.2 Å². The average molecular weight is 291 g/mol. The monoisotopic (exact) mass is 291 g/mol. The summed E-state index contributed by atoms with van der Waals surface area (Å²) in [4.78, 5) is 11.7. The number of aliphatic hydroxyl groups excluding tert-OH is 1. The molecule has 0 aromatic heterocycles. The third-order valence-corrected chi connectivity index (χ3v) is 3.62. The minimum Gasteiger partial charge on any atom is -0.497 e. The first-order valence-corrected chi connectivity index (χ1v) is 7.38. The van der Waals surface area contributed by atoms with Gasteiger partial charge in [0.2, 0.25) is 5.91 Å². The van der Waals surface area contributed by atoms with Crippen LogP contribution in [0.4, 0.5) is 0 Å². The topological polar surface area (TPSA) is 58.6 Å². The second kappa shape index (κ2) is 9.19. The Hall–Kier alpha value is -1.81. The van der Waals surface area contributed by atoms with Gasteiger partial charge in [-0.1, -0.05) is 38.8 Å². The first-order valence-electron chi connectivity index (χ1n) is 7.38. The third-order valence-electron chi connectivity index (χ3n) is 3.62. The zero-order valence-electron chi connectivity index (χ0n) is 13.0.